The largest absolute Gasteiger partial charge is 0.459 e. The molecule has 0 amide bonds. The zero-order chi connectivity index (χ0) is 46.6. The molecule has 9 saturated carbocycles. The molecular formula is C54H78O12. The van der Waals surface area contributed by atoms with Crippen molar-refractivity contribution >= 4 is 35.3 Å². The van der Waals surface area contributed by atoms with E-state index in [1.807, 2.05) is 6.92 Å². The molecule has 6 bridgehead atoms. The fraction of sp³-hybridized carbons (Fsp3) is 0.889. The molecule has 0 aromatic rings. The molecule has 0 radical (unpaired) electrons. The minimum Gasteiger partial charge on any atom is -0.459 e. The lowest BCUT2D eigenvalue weighted by molar-refractivity contribution is -0.183. The van der Waals surface area contributed by atoms with Gasteiger partial charge in [-0.3, -0.25) is 28.8 Å². The molecule has 9 aliphatic carbocycles. The van der Waals surface area contributed by atoms with E-state index in [1.165, 1.54) is 0 Å². The van der Waals surface area contributed by atoms with Crippen LogP contribution in [0.5, 0.6) is 0 Å². The predicted molar refractivity (Wildman–Crippen MR) is 240 cm³/mol. The SMILES string of the molecule is CC1C2CC3C1OCC(=O)C3C2C(=O)OC1(C(C)C)CCCC1.CC1C2CC3C1OCC(=O)C3C2C(=O)OC1(C)CCCC1.CCC1(OC(=O)C2C3CC4C(OCC(=O)C42)C3C)CCCC1. The van der Waals surface area contributed by atoms with Crippen LogP contribution in [0.25, 0.3) is 0 Å². The lowest BCUT2D eigenvalue weighted by Crippen LogP contribution is -2.52. The third kappa shape index (κ3) is 7.60. The monoisotopic (exact) mass is 919 g/mol. The van der Waals surface area contributed by atoms with E-state index in [-0.39, 0.29) is 161 Å². The standard InChI is InChI=1S/C19H28O4.C18H26O4.C17H24O4/c1-10(2)19(6-4-5-7-19)23-18(21)16-12-8-13-15(16)14(20)9-22-17(13)11(12)3;1-3-18(6-4-5-7-18)22-17(20)15-11-8-12-14(15)13(19)9-21-16(12)10(11)2;1-9-10-7-11-13(12(18)8-20-15(9)11)14(10)16(19)21-17(2)5-3-4-6-17/h10-13,15-17H,4-9H2,1-3H3;10-12,14-16H,3-9H2,1-2H3;9-11,13-15H,3-8H2,1-2H3. The van der Waals surface area contributed by atoms with Gasteiger partial charge in [-0.1, -0.05) is 41.5 Å². The molecule has 12 fully saturated rings. The second-order valence-corrected chi connectivity index (χ2v) is 24.2. The van der Waals surface area contributed by atoms with E-state index >= 15 is 0 Å². The number of carbonyl (C=O) groups excluding carboxylic acids is 6. The third-order valence-electron chi connectivity index (χ3n) is 20.9. The van der Waals surface area contributed by atoms with Gasteiger partial charge in [0.1, 0.15) is 36.6 Å². The second-order valence-electron chi connectivity index (χ2n) is 24.2. The summed E-state index contributed by atoms with van der Waals surface area (Å²) in [4.78, 5) is 75.7. The average molecular weight is 919 g/mol. The van der Waals surface area contributed by atoms with Crippen LogP contribution in [-0.2, 0) is 57.2 Å². The summed E-state index contributed by atoms with van der Waals surface area (Å²) in [6.45, 7) is 15.5. The van der Waals surface area contributed by atoms with Gasteiger partial charge in [0.2, 0.25) is 0 Å². The number of ether oxygens (including phenoxy) is 6. The van der Waals surface area contributed by atoms with E-state index in [0.717, 1.165) is 103 Å². The summed E-state index contributed by atoms with van der Waals surface area (Å²) < 4.78 is 35.3. The van der Waals surface area contributed by atoms with Crippen molar-refractivity contribution in [1.82, 2.24) is 0 Å². The molecule has 12 rings (SSSR count). The van der Waals surface area contributed by atoms with Crippen LogP contribution < -0.4 is 0 Å². The lowest BCUT2D eigenvalue weighted by Gasteiger charge is -2.43. The Balaban J connectivity index is 0.000000116. The van der Waals surface area contributed by atoms with Gasteiger partial charge in [-0.2, -0.15) is 0 Å². The fourth-order valence-electron chi connectivity index (χ4n) is 17.3. The highest BCUT2D eigenvalue weighted by Gasteiger charge is 2.67. The molecule has 18 unspecified atom stereocenters. The van der Waals surface area contributed by atoms with Crippen LogP contribution in [0.2, 0.25) is 0 Å². The smallest absolute Gasteiger partial charge is 0.310 e. The number of esters is 3. The van der Waals surface area contributed by atoms with Crippen molar-refractivity contribution in [2.24, 2.45) is 94.7 Å². The van der Waals surface area contributed by atoms with Crippen LogP contribution in [0, 0.1) is 94.7 Å². The summed E-state index contributed by atoms with van der Waals surface area (Å²) in [6, 6.07) is 0. The summed E-state index contributed by atoms with van der Waals surface area (Å²) in [5.41, 5.74) is -0.846. The maximum Gasteiger partial charge on any atom is 0.310 e. The maximum atomic E-state index is 13.1. The molecule has 3 heterocycles. The van der Waals surface area contributed by atoms with Crippen molar-refractivity contribution in [3.8, 4) is 0 Å². The van der Waals surface area contributed by atoms with E-state index in [0.29, 0.717) is 23.7 Å². The Morgan fingerprint density at radius 3 is 1.26 bits per heavy atom. The minimum absolute atomic E-state index is 0.0956. The van der Waals surface area contributed by atoms with Crippen molar-refractivity contribution in [2.45, 2.75) is 186 Å². The van der Waals surface area contributed by atoms with Crippen molar-refractivity contribution in [3.05, 3.63) is 0 Å². The highest BCUT2D eigenvalue weighted by Crippen LogP contribution is 2.61. The quantitative estimate of drug-likeness (QED) is 0.171. The molecule has 0 aromatic heterocycles. The Bertz CT molecular complexity index is 1920. The number of hydrogen-bond donors (Lipinski definition) is 0. The zero-order valence-corrected chi connectivity index (χ0v) is 40.8. The number of hydrogen-bond acceptors (Lipinski definition) is 12. The van der Waals surface area contributed by atoms with Gasteiger partial charge in [0, 0.05) is 17.8 Å². The Labute approximate surface area is 392 Å². The molecule has 3 aliphatic heterocycles. The van der Waals surface area contributed by atoms with Gasteiger partial charge < -0.3 is 28.4 Å². The Kier molecular flexibility index (Phi) is 12.5. The minimum atomic E-state index is -0.296. The summed E-state index contributed by atoms with van der Waals surface area (Å²) in [7, 11) is 0. The second kappa shape index (κ2) is 17.6. The van der Waals surface area contributed by atoms with E-state index in [1.54, 1.807) is 0 Å². The normalized spacial score (nSPS) is 45.4. The summed E-state index contributed by atoms with van der Waals surface area (Å²) >= 11 is 0. The number of fused-ring (bicyclic) bond motifs is 3. The fourth-order valence-corrected chi connectivity index (χ4v) is 17.3. The van der Waals surface area contributed by atoms with Gasteiger partial charge in [0.15, 0.2) is 17.3 Å². The van der Waals surface area contributed by atoms with Gasteiger partial charge in [-0.15, -0.1) is 0 Å². The highest BCUT2D eigenvalue weighted by molar-refractivity contribution is 5.91. The average Bonchev–Trinajstić information content (AvgIpc) is 4.14. The van der Waals surface area contributed by atoms with Gasteiger partial charge in [0.25, 0.3) is 0 Å². The summed E-state index contributed by atoms with van der Waals surface area (Å²) in [6.07, 6.45) is 17.0. The number of rotatable bonds is 8. The topological polar surface area (TPSA) is 158 Å². The summed E-state index contributed by atoms with van der Waals surface area (Å²) in [5.74, 6) is 1.96. The number of carbonyl (C=O) groups is 6. The predicted octanol–water partition coefficient (Wildman–Crippen LogP) is 8.07. The molecule has 66 heavy (non-hydrogen) atoms. The summed E-state index contributed by atoms with van der Waals surface area (Å²) in [5, 5.41) is 0. The molecule has 12 heteroatoms. The molecule has 12 nitrogen and oxygen atoms in total. The van der Waals surface area contributed by atoms with Crippen molar-refractivity contribution < 1.29 is 57.2 Å². The first-order valence-corrected chi connectivity index (χ1v) is 26.6. The van der Waals surface area contributed by atoms with Crippen LogP contribution >= 0.6 is 0 Å². The molecule has 3 saturated heterocycles. The Hall–Kier alpha value is -2.70. The van der Waals surface area contributed by atoms with Crippen molar-refractivity contribution in [1.29, 1.82) is 0 Å². The molecule has 0 N–H and O–H groups in total. The van der Waals surface area contributed by atoms with Gasteiger partial charge in [0.05, 0.1) is 36.1 Å². The Morgan fingerprint density at radius 2 is 0.879 bits per heavy atom. The van der Waals surface area contributed by atoms with Gasteiger partial charge >= 0.3 is 17.9 Å². The highest BCUT2D eigenvalue weighted by atomic mass is 16.6. The van der Waals surface area contributed by atoms with Gasteiger partial charge in [-0.25, -0.2) is 0 Å². The van der Waals surface area contributed by atoms with Crippen molar-refractivity contribution in [2.75, 3.05) is 19.8 Å². The number of Topliss-reactive ketones (excluding diaryl/α,β-unsaturated/α-hetero) is 3. The maximum absolute atomic E-state index is 13.1. The first kappa shape index (κ1) is 47.0. The van der Waals surface area contributed by atoms with Crippen LogP contribution in [-0.4, -0.2) is 90.2 Å². The lowest BCUT2D eigenvalue weighted by atomic mass is 9.70. The third-order valence-corrected chi connectivity index (χ3v) is 20.9. The molecule has 0 aromatic carbocycles. The molecule has 0 spiro atoms. The van der Waals surface area contributed by atoms with E-state index in [2.05, 4.69) is 41.5 Å². The van der Waals surface area contributed by atoms with Crippen LogP contribution in [0.15, 0.2) is 0 Å². The first-order valence-electron chi connectivity index (χ1n) is 26.6. The van der Waals surface area contributed by atoms with E-state index < -0.39 is 0 Å². The Morgan fingerprint density at radius 1 is 0.530 bits per heavy atom. The molecule has 12 aliphatic rings. The van der Waals surface area contributed by atoms with Crippen molar-refractivity contribution in [3.63, 3.8) is 0 Å². The van der Waals surface area contributed by atoms with E-state index in [4.69, 9.17) is 28.4 Å². The molecular weight excluding hydrogens is 841 g/mol. The first-order chi connectivity index (χ1) is 31.5. The van der Waals surface area contributed by atoms with Crippen LogP contribution in [0.3, 0.4) is 0 Å². The van der Waals surface area contributed by atoms with Gasteiger partial charge in [-0.05, 0) is 169 Å². The zero-order valence-electron chi connectivity index (χ0n) is 40.8. The molecule has 366 valence electrons. The van der Waals surface area contributed by atoms with Crippen LogP contribution in [0.4, 0.5) is 0 Å². The van der Waals surface area contributed by atoms with E-state index in [9.17, 15) is 28.8 Å². The number of ketones is 3. The van der Waals surface area contributed by atoms with Crippen LogP contribution in [0.1, 0.15) is 151 Å². The molecule has 18 atom stereocenters.